The maximum atomic E-state index is 13.0. The number of hydrogen-bond acceptors (Lipinski definition) is 6. The van der Waals surface area contributed by atoms with Gasteiger partial charge in [-0.2, -0.15) is 5.26 Å². The standard InChI is InChI=1S/C22H21N3O3S/c1-27-17-7-3-15(4-8-17)19-11-21(26)25-13-24(14-29-22(25)20(19)12-23)16-5-9-18(28-2)10-6-16/h3-10,19H,11,13-14H2,1-2H3/t19-/m1/s1. The number of nitrogens with zero attached hydrogens (tertiary/aromatic N) is 3. The molecular formula is C22H21N3O3S. The molecule has 2 heterocycles. The summed E-state index contributed by atoms with van der Waals surface area (Å²) >= 11 is 1.53. The number of anilines is 1. The molecule has 0 saturated carbocycles. The van der Waals surface area contributed by atoms with Gasteiger partial charge in [-0.25, -0.2) is 0 Å². The fourth-order valence-electron chi connectivity index (χ4n) is 3.64. The number of nitriles is 1. The van der Waals surface area contributed by atoms with Crippen molar-refractivity contribution < 1.29 is 14.3 Å². The Hall–Kier alpha value is -3.11. The van der Waals surface area contributed by atoms with Crippen molar-refractivity contribution >= 4 is 23.4 Å². The average Bonchev–Trinajstić information content (AvgIpc) is 2.79. The van der Waals surface area contributed by atoms with Crippen LogP contribution in [-0.4, -0.2) is 37.6 Å². The van der Waals surface area contributed by atoms with E-state index in [9.17, 15) is 10.1 Å². The van der Waals surface area contributed by atoms with Gasteiger partial charge in [0.25, 0.3) is 0 Å². The summed E-state index contributed by atoms with van der Waals surface area (Å²) in [7, 11) is 3.25. The van der Waals surface area contributed by atoms with Crippen LogP contribution in [0.4, 0.5) is 5.69 Å². The lowest BCUT2D eigenvalue weighted by Crippen LogP contribution is -2.47. The van der Waals surface area contributed by atoms with Crippen molar-refractivity contribution in [1.82, 2.24) is 4.90 Å². The first-order valence-electron chi connectivity index (χ1n) is 9.25. The van der Waals surface area contributed by atoms with Crippen molar-refractivity contribution in [2.24, 2.45) is 0 Å². The Morgan fingerprint density at radius 3 is 2.24 bits per heavy atom. The molecule has 7 heteroatoms. The molecule has 0 aromatic heterocycles. The molecule has 29 heavy (non-hydrogen) atoms. The highest BCUT2D eigenvalue weighted by Gasteiger charge is 2.38. The number of rotatable bonds is 4. The lowest BCUT2D eigenvalue weighted by Gasteiger charge is -2.42. The number of thioether (sulfide) groups is 1. The molecule has 1 amide bonds. The van der Waals surface area contributed by atoms with E-state index in [0.29, 0.717) is 18.1 Å². The minimum absolute atomic E-state index is 0.0329. The Morgan fingerprint density at radius 1 is 1.03 bits per heavy atom. The molecule has 0 unspecified atom stereocenters. The van der Waals surface area contributed by atoms with Crippen molar-refractivity contribution in [3.05, 3.63) is 64.7 Å². The van der Waals surface area contributed by atoms with Gasteiger partial charge in [-0.1, -0.05) is 23.9 Å². The Morgan fingerprint density at radius 2 is 1.66 bits per heavy atom. The molecule has 4 rings (SSSR count). The molecule has 2 aliphatic heterocycles. The third-order valence-corrected chi connectivity index (χ3v) is 6.40. The topological polar surface area (TPSA) is 65.8 Å². The Balaban J connectivity index is 1.61. The maximum Gasteiger partial charge on any atom is 0.229 e. The molecule has 0 aliphatic carbocycles. The van der Waals surface area contributed by atoms with E-state index in [1.165, 1.54) is 11.8 Å². The van der Waals surface area contributed by atoms with Gasteiger partial charge in [0.05, 0.1) is 43.4 Å². The molecule has 1 atom stereocenters. The maximum absolute atomic E-state index is 13.0. The third-order valence-electron chi connectivity index (χ3n) is 5.25. The number of carbonyl (C=O) groups excluding carboxylic acids is 1. The summed E-state index contributed by atoms with van der Waals surface area (Å²) in [6.45, 7) is 0.439. The molecule has 2 aromatic carbocycles. The van der Waals surface area contributed by atoms with E-state index in [1.807, 2.05) is 48.5 Å². The largest absolute Gasteiger partial charge is 0.497 e. The van der Waals surface area contributed by atoms with Gasteiger partial charge in [0, 0.05) is 18.0 Å². The van der Waals surface area contributed by atoms with Crippen LogP contribution < -0.4 is 14.4 Å². The zero-order valence-electron chi connectivity index (χ0n) is 16.3. The minimum Gasteiger partial charge on any atom is -0.497 e. The summed E-state index contributed by atoms with van der Waals surface area (Å²) in [5, 5.41) is 10.7. The number of amides is 1. The second kappa shape index (κ2) is 8.10. The number of fused-ring (bicyclic) bond motifs is 1. The SMILES string of the molecule is COc1ccc([C@H]2CC(=O)N3CN(c4ccc(OC)cc4)CSC3=C2C#N)cc1. The quantitative estimate of drug-likeness (QED) is 0.765. The first-order chi connectivity index (χ1) is 14.1. The van der Waals surface area contributed by atoms with E-state index in [2.05, 4.69) is 11.0 Å². The van der Waals surface area contributed by atoms with Crippen molar-refractivity contribution in [3.63, 3.8) is 0 Å². The van der Waals surface area contributed by atoms with Gasteiger partial charge in [0.2, 0.25) is 5.91 Å². The van der Waals surface area contributed by atoms with Gasteiger partial charge >= 0.3 is 0 Å². The molecule has 0 bridgehead atoms. The highest BCUT2D eigenvalue weighted by molar-refractivity contribution is 8.03. The van der Waals surface area contributed by atoms with Crippen LogP contribution in [0.5, 0.6) is 11.5 Å². The lowest BCUT2D eigenvalue weighted by molar-refractivity contribution is -0.129. The van der Waals surface area contributed by atoms with Crippen molar-refractivity contribution in [1.29, 1.82) is 5.26 Å². The number of hydrogen-bond donors (Lipinski definition) is 0. The summed E-state index contributed by atoms with van der Waals surface area (Å²) in [5.74, 6) is 2.04. The molecule has 6 nitrogen and oxygen atoms in total. The summed E-state index contributed by atoms with van der Waals surface area (Å²) in [4.78, 5) is 16.8. The molecule has 0 N–H and O–H groups in total. The first-order valence-corrected chi connectivity index (χ1v) is 10.2. The van der Waals surface area contributed by atoms with Crippen LogP contribution in [-0.2, 0) is 4.79 Å². The van der Waals surface area contributed by atoms with Gasteiger partial charge in [-0.15, -0.1) is 0 Å². The summed E-state index contributed by atoms with van der Waals surface area (Å²) in [6, 6.07) is 17.7. The van der Waals surface area contributed by atoms with Gasteiger partial charge in [0.15, 0.2) is 0 Å². The van der Waals surface area contributed by atoms with E-state index in [0.717, 1.165) is 27.8 Å². The molecule has 2 aliphatic rings. The van der Waals surface area contributed by atoms with Crippen molar-refractivity contribution in [3.8, 4) is 17.6 Å². The molecule has 0 radical (unpaired) electrons. The number of carbonyl (C=O) groups is 1. The molecule has 2 aromatic rings. The number of allylic oxidation sites excluding steroid dienone is 1. The van der Waals surface area contributed by atoms with E-state index < -0.39 is 0 Å². The highest BCUT2D eigenvalue weighted by atomic mass is 32.2. The van der Waals surface area contributed by atoms with E-state index in [4.69, 9.17) is 9.47 Å². The van der Waals surface area contributed by atoms with Gasteiger partial charge in [-0.3, -0.25) is 9.69 Å². The average molecular weight is 407 g/mol. The molecular weight excluding hydrogens is 386 g/mol. The number of ether oxygens (including phenoxy) is 2. The summed E-state index contributed by atoms with van der Waals surface area (Å²) in [6.07, 6.45) is 0.287. The Kier molecular flexibility index (Phi) is 5.36. The van der Waals surface area contributed by atoms with Gasteiger partial charge < -0.3 is 14.4 Å². The Bertz CT molecular complexity index is 980. The summed E-state index contributed by atoms with van der Waals surface area (Å²) in [5.41, 5.74) is 2.64. The fraction of sp³-hybridized carbons (Fsp3) is 0.273. The molecule has 148 valence electrons. The van der Waals surface area contributed by atoms with Crippen LogP contribution in [0.1, 0.15) is 17.9 Å². The van der Waals surface area contributed by atoms with Crippen LogP contribution in [0.15, 0.2) is 59.1 Å². The first kappa shape index (κ1) is 19.2. The van der Waals surface area contributed by atoms with Crippen LogP contribution in [0.3, 0.4) is 0 Å². The Labute approximate surface area is 174 Å². The minimum atomic E-state index is -0.218. The molecule has 1 saturated heterocycles. The fourth-order valence-corrected chi connectivity index (χ4v) is 4.81. The number of benzene rings is 2. The van der Waals surface area contributed by atoms with E-state index in [1.54, 1.807) is 19.1 Å². The van der Waals surface area contributed by atoms with Crippen molar-refractivity contribution in [2.45, 2.75) is 12.3 Å². The normalized spacial score (nSPS) is 18.9. The number of methoxy groups -OCH3 is 2. The zero-order chi connectivity index (χ0) is 20.4. The molecule has 0 spiro atoms. The van der Waals surface area contributed by atoms with Crippen LogP contribution in [0, 0.1) is 11.3 Å². The van der Waals surface area contributed by atoms with Crippen molar-refractivity contribution in [2.75, 3.05) is 31.7 Å². The zero-order valence-corrected chi connectivity index (χ0v) is 17.1. The predicted octanol–water partition coefficient (Wildman–Crippen LogP) is 3.92. The highest BCUT2D eigenvalue weighted by Crippen LogP contribution is 2.43. The smallest absolute Gasteiger partial charge is 0.229 e. The summed E-state index contributed by atoms with van der Waals surface area (Å²) < 4.78 is 10.4. The third kappa shape index (κ3) is 3.64. The van der Waals surface area contributed by atoms with Crippen LogP contribution in [0.25, 0.3) is 0 Å². The monoisotopic (exact) mass is 407 g/mol. The van der Waals surface area contributed by atoms with Crippen LogP contribution in [0.2, 0.25) is 0 Å². The second-order valence-corrected chi connectivity index (χ2v) is 7.77. The van der Waals surface area contributed by atoms with Gasteiger partial charge in [0.1, 0.15) is 11.5 Å². The van der Waals surface area contributed by atoms with E-state index >= 15 is 0 Å². The van der Waals surface area contributed by atoms with Gasteiger partial charge in [-0.05, 0) is 42.0 Å². The second-order valence-electron chi connectivity index (χ2n) is 6.83. The van der Waals surface area contributed by atoms with E-state index in [-0.39, 0.29) is 18.2 Å². The lowest BCUT2D eigenvalue weighted by atomic mass is 9.86. The van der Waals surface area contributed by atoms with Crippen LogP contribution >= 0.6 is 11.8 Å². The molecule has 1 fully saturated rings. The predicted molar refractivity (Wildman–Crippen MR) is 113 cm³/mol.